The van der Waals surface area contributed by atoms with Gasteiger partial charge in [-0.2, -0.15) is 0 Å². The van der Waals surface area contributed by atoms with Crippen LogP contribution in [0.4, 0.5) is 11.5 Å². The topological polar surface area (TPSA) is 186 Å². The van der Waals surface area contributed by atoms with E-state index in [0.29, 0.717) is 38.0 Å². The molecule has 330 valence electrons. The van der Waals surface area contributed by atoms with Crippen LogP contribution in [-0.2, 0) is 28.6 Å². The third kappa shape index (κ3) is 12.5. The number of rotatable bonds is 20. The van der Waals surface area contributed by atoms with Crippen molar-refractivity contribution in [1.29, 1.82) is 0 Å². The smallest absolute Gasteiger partial charge is 0.246 e. The van der Waals surface area contributed by atoms with Gasteiger partial charge in [-0.3, -0.25) is 19.4 Å². The molecule has 0 radical (unpaired) electrons. The highest BCUT2D eigenvalue weighted by Gasteiger charge is 2.44. The number of nitrogens with zero attached hydrogens (tertiary/aromatic N) is 4. The zero-order chi connectivity index (χ0) is 44.2. The van der Waals surface area contributed by atoms with Gasteiger partial charge in [-0.15, -0.1) is 11.3 Å². The van der Waals surface area contributed by atoms with Gasteiger partial charge in [0.05, 0.1) is 61.3 Å². The number of fused-ring (bicyclic) bond motifs is 1. The highest BCUT2D eigenvalue weighted by molar-refractivity contribution is 7.13. The first kappa shape index (κ1) is 46.0. The highest BCUT2D eigenvalue weighted by Crippen LogP contribution is 2.30. The van der Waals surface area contributed by atoms with Crippen LogP contribution in [0, 0.1) is 19.3 Å². The van der Waals surface area contributed by atoms with Gasteiger partial charge in [-0.05, 0) is 60.9 Å². The minimum Gasteiger partial charge on any atom is -0.491 e. The maximum Gasteiger partial charge on any atom is 0.246 e. The van der Waals surface area contributed by atoms with Crippen LogP contribution in [0.3, 0.4) is 0 Å². The van der Waals surface area contributed by atoms with Crippen molar-refractivity contribution in [3.8, 4) is 16.2 Å². The summed E-state index contributed by atoms with van der Waals surface area (Å²) in [6.45, 7) is 12.8. The molecule has 1 unspecified atom stereocenters. The Labute approximate surface area is 366 Å². The van der Waals surface area contributed by atoms with Crippen molar-refractivity contribution in [1.82, 2.24) is 30.5 Å². The molecule has 62 heavy (non-hydrogen) atoms. The molecule has 1 fully saturated rings. The summed E-state index contributed by atoms with van der Waals surface area (Å²) >= 11 is 1.57. The molecule has 0 bridgehead atoms. The molecule has 4 heterocycles. The summed E-state index contributed by atoms with van der Waals surface area (Å²) in [5.41, 5.74) is 5.85. The quantitative estimate of drug-likeness (QED) is 0.0679. The Morgan fingerprint density at radius 2 is 1.61 bits per heavy atom. The lowest BCUT2D eigenvalue weighted by Gasteiger charge is -2.35. The molecular formula is C46H57N7O8S. The zero-order valence-corrected chi connectivity index (χ0v) is 37.0. The molecule has 5 aromatic rings. The van der Waals surface area contributed by atoms with Crippen molar-refractivity contribution in [3.63, 3.8) is 0 Å². The maximum atomic E-state index is 14.0. The van der Waals surface area contributed by atoms with E-state index in [2.05, 4.69) is 30.9 Å². The average molecular weight is 868 g/mol. The first-order chi connectivity index (χ1) is 29.8. The van der Waals surface area contributed by atoms with E-state index in [1.54, 1.807) is 23.7 Å². The second kappa shape index (κ2) is 21.5. The van der Waals surface area contributed by atoms with Crippen LogP contribution in [0.15, 0.2) is 78.7 Å². The number of likely N-dealkylation sites (tertiary alicyclic amines) is 1. The number of thiazole rings is 1. The Bertz CT molecular complexity index is 2280. The van der Waals surface area contributed by atoms with E-state index in [1.807, 2.05) is 108 Å². The molecule has 6 rings (SSSR count). The number of amides is 3. The molecule has 4 atom stereocenters. The largest absolute Gasteiger partial charge is 0.491 e. The number of aliphatic hydroxyl groups is 1. The first-order valence-corrected chi connectivity index (χ1v) is 21.7. The Kier molecular flexibility index (Phi) is 16.0. The third-order valence-corrected chi connectivity index (χ3v) is 11.5. The van der Waals surface area contributed by atoms with E-state index < -0.39 is 35.4 Å². The molecule has 4 N–H and O–H groups in total. The Hall–Kier alpha value is -5.52. The van der Waals surface area contributed by atoms with Crippen molar-refractivity contribution in [3.05, 3.63) is 95.5 Å². The monoisotopic (exact) mass is 867 g/mol. The van der Waals surface area contributed by atoms with Crippen molar-refractivity contribution >= 4 is 51.3 Å². The predicted molar refractivity (Wildman–Crippen MR) is 238 cm³/mol. The number of β-amino-alcohol motifs (C(OH)–C–C–N with tert-alkyl or cyclic N) is 1. The summed E-state index contributed by atoms with van der Waals surface area (Å²) < 4.78 is 22.8. The predicted octanol–water partition coefficient (Wildman–Crippen LogP) is 5.91. The number of pyridine rings is 2. The summed E-state index contributed by atoms with van der Waals surface area (Å²) in [7, 11) is 0. The molecule has 1 aliphatic heterocycles. The fourth-order valence-corrected chi connectivity index (χ4v) is 7.88. The van der Waals surface area contributed by atoms with Crippen molar-refractivity contribution in [2.75, 3.05) is 58.1 Å². The molecule has 1 saturated heterocycles. The molecule has 0 saturated carbocycles. The number of hydrogen-bond acceptors (Lipinski definition) is 13. The second-order valence-corrected chi connectivity index (χ2v) is 17.3. The molecule has 0 spiro atoms. The van der Waals surface area contributed by atoms with Gasteiger partial charge in [0.1, 0.15) is 36.9 Å². The Morgan fingerprint density at radius 1 is 0.887 bits per heavy atom. The summed E-state index contributed by atoms with van der Waals surface area (Å²) in [5, 5.41) is 21.9. The van der Waals surface area contributed by atoms with Crippen LogP contribution in [0.25, 0.3) is 21.2 Å². The second-order valence-electron chi connectivity index (χ2n) is 16.4. The fourth-order valence-electron chi connectivity index (χ4n) is 7.07. The number of anilines is 2. The molecule has 1 aliphatic rings. The molecule has 15 nitrogen and oxygen atoms in total. The summed E-state index contributed by atoms with van der Waals surface area (Å²) in [5.74, 6) is 0.0812. The minimum atomic E-state index is -0.966. The van der Waals surface area contributed by atoms with E-state index >= 15 is 0 Å². The van der Waals surface area contributed by atoms with Gasteiger partial charge in [0.15, 0.2) is 0 Å². The molecular weight excluding hydrogens is 811 g/mol. The van der Waals surface area contributed by atoms with Gasteiger partial charge in [0.25, 0.3) is 0 Å². The van der Waals surface area contributed by atoms with Crippen LogP contribution in [0.2, 0.25) is 0 Å². The van der Waals surface area contributed by atoms with Crippen LogP contribution in [0.1, 0.15) is 57.0 Å². The van der Waals surface area contributed by atoms with E-state index in [4.69, 9.17) is 18.9 Å². The SMILES string of the molecule is Cc1cnc(Nc2ccc3cnccc3c2)cc1OCCOCCOCCOCC(=O)NC(C(=O)N1C[C@H](O)C[C@H]1C(=O)N[C@@H](C)c1ccc(-c2scnc2C)cc1)C(C)(C)C. The van der Waals surface area contributed by atoms with Crippen molar-refractivity contribution < 1.29 is 38.4 Å². The van der Waals surface area contributed by atoms with Gasteiger partial charge in [-0.1, -0.05) is 51.1 Å². The van der Waals surface area contributed by atoms with Gasteiger partial charge in [0.2, 0.25) is 17.7 Å². The lowest BCUT2D eigenvalue weighted by atomic mass is 9.85. The number of aromatic nitrogens is 3. The van der Waals surface area contributed by atoms with Crippen LogP contribution >= 0.6 is 11.3 Å². The molecule has 2 aromatic carbocycles. The van der Waals surface area contributed by atoms with Gasteiger partial charge in [0, 0.05) is 54.3 Å². The minimum absolute atomic E-state index is 0.0177. The highest BCUT2D eigenvalue weighted by atomic mass is 32.1. The zero-order valence-electron chi connectivity index (χ0n) is 36.2. The van der Waals surface area contributed by atoms with E-state index in [1.165, 1.54) is 4.90 Å². The molecule has 3 amide bonds. The van der Waals surface area contributed by atoms with Gasteiger partial charge >= 0.3 is 0 Å². The molecule has 3 aromatic heterocycles. The maximum absolute atomic E-state index is 14.0. The number of carbonyl (C=O) groups is 3. The number of hydrogen-bond donors (Lipinski definition) is 4. The third-order valence-electron chi connectivity index (χ3n) is 10.5. The standard InChI is InChI=1S/C46H57N7O8S/c1-29-24-48-40(51-36-12-11-35-25-47-14-13-34(35)21-36)23-39(29)61-20-19-59-16-15-58-17-18-60-27-41(55)52-43(46(4,5)6)45(57)53-26-37(54)22-38(53)44(56)50-30(2)32-7-9-33(10-8-32)42-31(3)49-28-62-42/h7-14,21,23-25,28,30,37-38,43,54H,15-20,22,26-27H2,1-6H3,(H,48,51)(H,50,56)(H,52,55)/t30-,37+,38-,43?/m0/s1. The van der Waals surface area contributed by atoms with Crippen molar-refractivity contribution in [2.24, 2.45) is 5.41 Å². The normalized spacial score (nSPS) is 16.2. The van der Waals surface area contributed by atoms with Gasteiger partial charge in [-0.25, -0.2) is 9.97 Å². The Balaban J connectivity index is 0.867. The van der Waals surface area contributed by atoms with Crippen LogP contribution in [-0.4, -0.2) is 114 Å². The number of nitrogens with one attached hydrogen (secondary N) is 3. The van der Waals surface area contributed by atoms with E-state index in [-0.39, 0.29) is 44.7 Å². The average Bonchev–Trinajstić information content (AvgIpc) is 3.87. The summed E-state index contributed by atoms with van der Waals surface area (Å²) in [4.78, 5) is 56.0. The van der Waals surface area contributed by atoms with Crippen LogP contribution in [0.5, 0.6) is 5.75 Å². The van der Waals surface area contributed by atoms with E-state index in [0.717, 1.165) is 43.7 Å². The van der Waals surface area contributed by atoms with Crippen molar-refractivity contribution in [2.45, 2.75) is 72.2 Å². The summed E-state index contributed by atoms with van der Waals surface area (Å²) in [6.07, 6.45) is 4.58. The lowest BCUT2D eigenvalue weighted by molar-refractivity contribution is -0.144. The molecule has 0 aliphatic carbocycles. The number of aryl methyl sites for hydroxylation is 2. The van der Waals surface area contributed by atoms with Crippen LogP contribution < -0.4 is 20.7 Å². The number of benzene rings is 2. The number of carbonyl (C=O) groups excluding carboxylic acids is 3. The number of ether oxygens (including phenoxy) is 4. The van der Waals surface area contributed by atoms with E-state index in [9.17, 15) is 19.5 Å². The Morgan fingerprint density at radius 3 is 2.32 bits per heavy atom. The molecule has 16 heteroatoms. The fraction of sp³-hybridized carbons (Fsp3) is 0.435. The van der Waals surface area contributed by atoms with Gasteiger partial charge < -0.3 is 44.9 Å². The lowest BCUT2D eigenvalue weighted by Crippen LogP contribution is -2.58. The summed E-state index contributed by atoms with van der Waals surface area (Å²) in [6, 6.07) is 15.6. The first-order valence-electron chi connectivity index (χ1n) is 20.8. The number of aliphatic hydroxyl groups excluding tert-OH is 1.